The predicted molar refractivity (Wildman–Crippen MR) is 108 cm³/mol. The van der Waals surface area contributed by atoms with Crippen molar-refractivity contribution in [1.29, 1.82) is 0 Å². The van der Waals surface area contributed by atoms with Gasteiger partial charge in [0.05, 0.1) is 11.4 Å². The molecule has 0 spiro atoms. The van der Waals surface area contributed by atoms with E-state index in [0.29, 0.717) is 16.8 Å². The van der Waals surface area contributed by atoms with E-state index in [4.69, 9.17) is 0 Å². The molecule has 3 nitrogen and oxygen atoms in total. The summed E-state index contributed by atoms with van der Waals surface area (Å²) < 4.78 is 0. The number of fused-ring (bicyclic) bond motifs is 2. The molecule has 0 N–H and O–H groups in total. The minimum atomic E-state index is -0.0561. The summed E-state index contributed by atoms with van der Waals surface area (Å²) in [5.74, 6) is -0.133. The molecule has 1 heterocycles. The molecule has 3 heteroatoms. The standard InChI is InChI=1S/C19H15NO2.2C2H6/c1-11-12-7-3-4-8-13(12)18(21)16(11)17-19(22)14-9-5-6-10-15(14)20(17)2;2*1-2/h3-11H,1-2H3;2*1-2H3/b17-16-;;. The molecule has 4 rings (SSSR count). The van der Waals surface area contributed by atoms with Gasteiger partial charge in [-0.15, -0.1) is 0 Å². The Balaban J connectivity index is 0.000000570. The SMILES string of the molecule is CC.CC.CC1/C(=C2\C(=O)c3ccccc3N2C)C(=O)c2ccccc21. The van der Waals surface area contributed by atoms with Gasteiger partial charge in [-0.25, -0.2) is 0 Å². The van der Waals surface area contributed by atoms with Crippen molar-refractivity contribution in [2.24, 2.45) is 0 Å². The van der Waals surface area contributed by atoms with Gasteiger partial charge in [0, 0.05) is 29.7 Å². The third-order valence-electron chi connectivity index (χ3n) is 4.67. The molecule has 26 heavy (non-hydrogen) atoms. The van der Waals surface area contributed by atoms with Crippen LogP contribution in [0.2, 0.25) is 0 Å². The number of para-hydroxylation sites is 1. The van der Waals surface area contributed by atoms with Crippen LogP contribution in [0.1, 0.15) is 66.8 Å². The van der Waals surface area contributed by atoms with Crippen LogP contribution in [0.15, 0.2) is 59.8 Å². The first-order valence-corrected chi connectivity index (χ1v) is 9.36. The lowest BCUT2D eigenvalue weighted by atomic mass is 9.96. The Hall–Kier alpha value is -2.68. The summed E-state index contributed by atoms with van der Waals surface area (Å²) in [4.78, 5) is 27.4. The first-order chi connectivity index (χ1) is 12.6. The molecule has 0 fully saturated rings. The Morgan fingerprint density at radius 1 is 0.769 bits per heavy atom. The normalized spacial score (nSPS) is 19.9. The number of rotatable bonds is 0. The number of anilines is 1. The number of allylic oxidation sites excluding steroid dienone is 2. The van der Waals surface area contributed by atoms with Crippen LogP contribution < -0.4 is 4.90 Å². The number of hydrogen-bond donors (Lipinski definition) is 0. The average molecular weight is 349 g/mol. The monoisotopic (exact) mass is 349 g/mol. The minimum Gasteiger partial charge on any atom is -0.340 e. The van der Waals surface area contributed by atoms with Crippen molar-refractivity contribution < 1.29 is 9.59 Å². The zero-order chi connectivity index (χ0) is 19.4. The van der Waals surface area contributed by atoms with Gasteiger partial charge in [0.2, 0.25) is 5.78 Å². The summed E-state index contributed by atoms with van der Waals surface area (Å²) in [6.45, 7) is 10.00. The number of ketones is 2. The van der Waals surface area contributed by atoms with E-state index in [-0.39, 0.29) is 17.5 Å². The van der Waals surface area contributed by atoms with Crippen LogP contribution in [-0.2, 0) is 0 Å². The summed E-state index contributed by atoms with van der Waals surface area (Å²) in [5, 5.41) is 0. The molecule has 0 saturated heterocycles. The first kappa shape index (κ1) is 19.6. The molecule has 2 aliphatic rings. The third kappa shape index (κ3) is 2.88. The molecule has 136 valence electrons. The summed E-state index contributed by atoms with van der Waals surface area (Å²) in [6, 6.07) is 15.1. The Morgan fingerprint density at radius 2 is 1.31 bits per heavy atom. The fourth-order valence-corrected chi connectivity index (χ4v) is 3.55. The van der Waals surface area contributed by atoms with E-state index in [9.17, 15) is 9.59 Å². The second kappa shape index (κ2) is 8.13. The van der Waals surface area contributed by atoms with E-state index >= 15 is 0 Å². The van der Waals surface area contributed by atoms with E-state index in [1.165, 1.54) is 0 Å². The highest BCUT2D eigenvalue weighted by atomic mass is 16.1. The molecule has 0 amide bonds. The van der Waals surface area contributed by atoms with Crippen LogP contribution in [0.4, 0.5) is 5.69 Å². The highest BCUT2D eigenvalue weighted by Gasteiger charge is 2.40. The van der Waals surface area contributed by atoms with Gasteiger partial charge in [0.15, 0.2) is 5.78 Å². The molecular weight excluding hydrogens is 322 g/mol. The number of nitrogens with zero attached hydrogens (tertiary/aromatic N) is 1. The average Bonchev–Trinajstić information content (AvgIpc) is 3.10. The van der Waals surface area contributed by atoms with Gasteiger partial charge >= 0.3 is 0 Å². The Bertz CT molecular complexity index is 793. The lowest BCUT2D eigenvalue weighted by Crippen LogP contribution is -2.20. The summed E-state index contributed by atoms with van der Waals surface area (Å²) in [7, 11) is 1.86. The van der Waals surface area contributed by atoms with Gasteiger partial charge in [0.1, 0.15) is 0 Å². The molecule has 1 atom stereocenters. The molecule has 0 aromatic heterocycles. The third-order valence-corrected chi connectivity index (χ3v) is 4.67. The molecule has 0 radical (unpaired) electrons. The van der Waals surface area contributed by atoms with Gasteiger partial charge in [-0.05, 0) is 17.7 Å². The van der Waals surface area contributed by atoms with Crippen LogP contribution in [0.25, 0.3) is 0 Å². The van der Waals surface area contributed by atoms with E-state index in [0.717, 1.165) is 16.8 Å². The molecule has 2 aromatic rings. The van der Waals surface area contributed by atoms with Gasteiger partial charge in [-0.3, -0.25) is 9.59 Å². The first-order valence-electron chi connectivity index (χ1n) is 9.36. The molecule has 1 unspecified atom stereocenters. The lowest BCUT2D eigenvalue weighted by molar-refractivity contribution is 0.100. The maximum Gasteiger partial charge on any atom is 0.211 e. The molecule has 0 saturated carbocycles. The molecule has 1 aliphatic carbocycles. The Morgan fingerprint density at radius 3 is 1.88 bits per heavy atom. The maximum atomic E-state index is 12.8. The van der Waals surface area contributed by atoms with E-state index in [1.54, 1.807) is 0 Å². The highest BCUT2D eigenvalue weighted by Crippen LogP contribution is 2.43. The van der Waals surface area contributed by atoms with Crippen LogP contribution >= 0.6 is 0 Å². The number of likely N-dealkylation sites (N-methyl/N-ethyl adjacent to an activating group) is 1. The topological polar surface area (TPSA) is 37.4 Å². The highest BCUT2D eigenvalue weighted by molar-refractivity contribution is 6.26. The molecule has 2 aromatic carbocycles. The number of hydrogen-bond acceptors (Lipinski definition) is 3. The van der Waals surface area contributed by atoms with E-state index < -0.39 is 0 Å². The number of carbonyl (C=O) groups excluding carboxylic acids is 2. The maximum absolute atomic E-state index is 12.8. The van der Waals surface area contributed by atoms with Crippen LogP contribution in [0.3, 0.4) is 0 Å². The molecule has 1 aliphatic heterocycles. The predicted octanol–water partition coefficient (Wildman–Crippen LogP) is 5.63. The van der Waals surface area contributed by atoms with Crippen molar-refractivity contribution in [3.05, 3.63) is 76.5 Å². The Labute approximate surface area is 156 Å². The zero-order valence-corrected chi connectivity index (χ0v) is 16.5. The van der Waals surface area contributed by atoms with Crippen molar-refractivity contribution in [3.8, 4) is 0 Å². The smallest absolute Gasteiger partial charge is 0.211 e. The van der Waals surface area contributed by atoms with Gasteiger partial charge < -0.3 is 4.90 Å². The lowest BCUT2D eigenvalue weighted by Gasteiger charge is -2.17. The van der Waals surface area contributed by atoms with E-state index in [1.807, 2.05) is 95.1 Å². The fraction of sp³-hybridized carbons (Fsp3) is 0.304. The van der Waals surface area contributed by atoms with Crippen LogP contribution in [-0.4, -0.2) is 18.6 Å². The van der Waals surface area contributed by atoms with Crippen molar-refractivity contribution in [1.82, 2.24) is 0 Å². The Kier molecular flexibility index (Phi) is 6.14. The van der Waals surface area contributed by atoms with Crippen molar-refractivity contribution >= 4 is 17.3 Å². The second-order valence-electron chi connectivity index (χ2n) is 5.81. The number of Topliss-reactive ketones (excluding diaryl/α,β-unsaturated/α-hetero) is 2. The number of benzene rings is 2. The summed E-state index contributed by atoms with van der Waals surface area (Å²) in [6.07, 6.45) is 0. The van der Waals surface area contributed by atoms with Crippen LogP contribution in [0, 0.1) is 0 Å². The van der Waals surface area contributed by atoms with Gasteiger partial charge in [-0.1, -0.05) is 71.0 Å². The zero-order valence-electron chi connectivity index (χ0n) is 16.5. The molecule has 0 bridgehead atoms. The van der Waals surface area contributed by atoms with E-state index in [2.05, 4.69) is 0 Å². The van der Waals surface area contributed by atoms with Crippen molar-refractivity contribution in [2.75, 3.05) is 11.9 Å². The molecular formula is C23H27NO2. The van der Waals surface area contributed by atoms with Gasteiger partial charge in [-0.2, -0.15) is 0 Å². The quantitative estimate of drug-likeness (QED) is 0.579. The largest absolute Gasteiger partial charge is 0.340 e. The minimum absolute atomic E-state index is 0.0221. The van der Waals surface area contributed by atoms with Crippen molar-refractivity contribution in [2.45, 2.75) is 40.5 Å². The number of carbonyl (C=O) groups is 2. The second-order valence-corrected chi connectivity index (χ2v) is 5.81. The summed E-state index contributed by atoms with van der Waals surface area (Å²) in [5.41, 5.74) is 4.40. The fourth-order valence-electron chi connectivity index (χ4n) is 3.55. The van der Waals surface area contributed by atoms with Crippen molar-refractivity contribution in [3.63, 3.8) is 0 Å². The van der Waals surface area contributed by atoms with Gasteiger partial charge in [0.25, 0.3) is 0 Å². The van der Waals surface area contributed by atoms with Crippen LogP contribution in [0.5, 0.6) is 0 Å². The summed E-state index contributed by atoms with van der Waals surface area (Å²) >= 11 is 0.